The van der Waals surface area contributed by atoms with E-state index in [0.29, 0.717) is 22.9 Å². The Morgan fingerprint density at radius 2 is 1.83 bits per heavy atom. The fraction of sp³-hybridized carbons (Fsp3) is 0.409. The second-order valence-electron chi connectivity index (χ2n) is 8.07. The number of hydrazone groups is 1. The standard InChI is InChI=1S/C22H25N5O2S/c1-15-18(14-23)9-12-22(24-15)27-21(17-5-3-4-6-17)13-20(25-27)16-7-10-19(11-8-16)26-30(2,28)29/h7-12,17,21,26H,3-6,13H2,1-2H3. The summed E-state index contributed by atoms with van der Waals surface area (Å²) in [6.45, 7) is 1.85. The van der Waals surface area contributed by atoms with Gasteiger partial charge in [0.25, 0.3) is 0 Å². The van der Waals surface area contributed by atoms with Gasteiger partial charge in [-0.1, -0.05) is 25.0 Å². The predicted molar refractivity (Wildman–Crippen MR) is 118 cm³/mol. The molecule has 1 aliphatic carbocycles. The molecule has 1 aliphatic heterocycles. The third-order valence-corrected chi connectivity index (χ3v) is 6.44. The van der Waals surface area contributed by atoms with Gasteiger partial charge in [-0.3, -0.25) is 4.72 Å². The molecule has 30 heavy (non-hydrogen) atoms. The highest BCUT2D eigenvalue weighted by molar-refractivity contribution is 7.92. The molecule has 4 rings (SSSR count). The average molecular weight is 424 g/mol. The number of aryl methyl sites for hydroxylation is 1. The van der Waals surface area contributed by atoms with Crippen molar-refractivity contribution in [3.05, 3.63) is 53.2 Å². The molecule has 0 bridgehead atoms. The second kappa shape index (κ2) is 8.07. The molecule has 1 fully saturated rings. The number of hydrogen-bond donors (Lipinski definition) is 1. The van der Waals surface area contributed by atoms with Crippen LogP contribution in [0.5, 0.6) is 0 Å². The summed E-state index contributed by atoms with van der Waals surface area (Å²) in [6, 6.07) is 13.4. The number of nitriles is 1. The van der Waals surface area contributed by atoms with Crippen LogP contribution in [0.3, 0.4) is 0 Å². The molecule has 1 saturated carbocycles. The van der Waals surface area contributed by atoms with Crippen LogP contribution >= 0.6 is 0 Å². The summed E-state index contributed by atoms with van der Waals surface area (Å²) in [7, 11) is -3.30. The summed E-state index contributed by atoms with van der Waals surface area (Å²) in [5.41, 5.74) is 3.77. The minimum absolute atomic E-state index is 0.246. The zero-order valence-corrected chi connectivity index (χ0v) is 18.0. The summed E-state index contributed by atoms with van der Waals surface area (Å²) in [5.74, 6) is 1.34. The maximum atomic E-state index is 11.4. The number of nitrogens with one attached hydrogen (secondary N) is 1. The molecule has 2 aromatic rings. The summed E-state index contributed by atoms with van der Waals surface area (Å²) in [6.07, 6.45) is 6.84. The van der Waals surface area contributed by atoms with Crippen LogP contribution in [0.2, 0.25) is 0 Å². The fourth-order valence-electron chi connectivity index (χ4n) is 4.37. The normalized spacial score (nSPS) is 19.6. The Balaban J connectivity index is 1.65. The molecular formula is C22H25N5O2S. The van der Waals surface area contributed by atoms with Gasteiger partial charge in [0, 0.05) is 12.1 Å². The Morgan fingerprint density at radius 3 is 2.43 bits per heavy atom. The number of pyridine rings is 1. The Hall–Kier alpha value is -2.92. The number of hydrogen-bond acceptors (Lipinski definition) is 6. The van der Waals surface area contributed by atoms with Crippen LogP contribution in [0, 0.1) is 24.2 Å². The molecule has 1 N–H and O–H groups in total. The predicted octanol–water partition coefficient (Wildman–Crippen LogP) is 3.81. The molecule has 8 heteroatoms. The van der Waals surface area contributed by atoms with E-state index in [9.17, 15) is 13.7 Å². The van der Waals surface area contributed by atoms with Crippen molar-refractivity contribution in [3.8, 4) is 6.07 Å². The van der Waals surface area contributed by atoms with Gasteiger partial charge in [0.2, 0.25) is 10.0 Å². The van der Waals surface area contributed by atoms with E-state index in [0.717, 1.165) is 29.8 Å². The molecule has 2 heterocycles. The topological polar surface area (TPSA) is 98.4 Å². The van der Waals surface area contributed by atoms with E-state index < -0.39 is 10.0 Å². The van der Waals surface area contributed by atoms with Gasteiger partial charge in [0.1, 0.15) is 11.9 Å². The first-order valence-electron chi connectivity index (χ1n) is 10.2. The Morgan fingerprint density at radius 1 is 1.13 bits per heavy atom. The van der Waals surface area contributed by atoms with E-state index in [2.05, 4.69) is 15.8 Å². The number of sulfonamides is 1. The second-order valence-corrected chi connectivity index (χ2v) is 9.82. The number of benzene rings is 1. The largest absolute Gasteiger partial charge is 0.284 e. The van der Waals surface area contributed by atoms with Crippen LogP contribution in [-0.4, -0.2) is 31.4 Å². The fourth-order valence-corrected chi connectivity index (χ4v) is 4.94. The SMILES string of the molecule is Cc1nc(N2N=C(c3ccc(NS(C)(=O)=O)cc3)CC2C2CCCC2)ccc1C#N. The first kappa shape index (κ1) is 20.4. The monoisotopic (exact) mass is 423 g/mol. The van der Waals surface area contributed by atoms with Crippen molar-refractivity contribution in [3.63, 3.8) is 0 Å². The van der Waals surface area contributed by atoms with Crippen molar-refractivity contribution < 1.29 is 8.42 Å². The molecule has 1 aromatic carbocycles. The van der Waals surface area contributed by atoms with E-state index in [1.54, 1.807) is 12.1 Å². The van der Waals surface area contributed by atoms with E-state index >= 15 is 0 Å². The van der Waals surface area contributed by atoms with Crippen molar-refractivity contribution >= 4 is 27.2 Å². The summed E-state index contributed by atoms with van der Waals surface area (Å²) in [5, 5.41) is 16.2. The maximum Gasteiger partial charge on any atom is 0.229 e. The van der Waals surface area contributed by atoms with Crippen LogP contribution < -0.4 is 9.73 Å². The van der Waals surface area contributed by atoms with Crippen molar-refractivity contribution in [1.29, 1.82) is 5.26 Å². The lowest BCUT2D eigenvalue weighted by Crippen LogP contribution is -2.33. The quantitative estimate of drug-likeness (QED) is 0.788. The van der Waals surface area contributed by atoms with Crippen molar-refractivity contribution in [2.45, 2.75) is 45.1 Å². The molecule has 1 aromatic heterocycles. The van der Waals surface area contributed by atoms with Gasteiger partial charge in [0.15, 0.2) is 0 Å². The lowest BCUT2D eigenvalue weighted by Gasteiger charge is -2.27. The summed E-state index contributed by atoms with van der Waals surface area (Å²) in [4.78, 5) is 4.65. The van der Waals surface area contributed by atoms with Gasteiger partial charge < -0.3 is 0 Å². The third kappa shape index (κ3) is 4.31. The molecule has 0 amide bonds. The molecule has 0 saturated heterocycles. The lowest BCUT2D eigenvalue weighted by atomic mass is 9.92. The number of anilines is 2. The number of aromatic nitrogens is 1. The van der Waals surface area contributed by atoms with E-state index in [1.165, 1.54) is 25.7 Å². The smallest absolute Gasteiger partial charge is 0.229 e. The average Bonchev–Trinajstić information content (AvgIpc) is 3.37. The van der Waals surface area contributed by atoms with Crippen LogP contribution in [0.4, 0.5) is 11.5 Å². The van der Waals surface area contributed by atoms with Crippen LogP contribution in [0.15, 0.2) is 41.5 Å². The summed E-state index contributed by atoms with van der Waals surface area (Å²) >= 11 is 0. The lowest BCUT2D eigenvalue weighted by molar-refractivity contribution is 0.428. The first-order valence-corrected chi connectivity index (χ1v) is 12.1. The van der Waals surface area contributed by atoms with Gasteiger partial charge in [-0.15, -0.1) is 0 Å². The highest BCUT2D eigenvalue weighted by atomic mass is 32.2. The Bertz CT molecular complexity index is 1110. The van der Waals surface area contributed by atoms with E-state index in [1.807, 2.05) is 36.2 Å². The zero-order valence-electron chi connectivity index (χ0n) is 17.2. The van der Waals surface area contributed by atoms with Gasteiger partial charge in [-0.2, -0.15) is 10.4 Å². The Labute approximate surface area is 177 Å². The highest BCUT2D eigenvalue weighted by Gasteiger charge is 2.36. The molecule has 0 radical (unpaired) electrons. The van der Waals surface area contributed by atoms with Gasteiger partial charge in [-0.25, -0.2) is 18.4 Å². The Kier molecular flexibility index (Phi) is 5.48. The van der Waals surface area contributed by atoms with Crippen molar-refractivity contribution in [1.82, 2.24) is 4.98 Å². The van der Waals surface area contributed by atoms with Crippen molar-refractivity contribution in [2.75, 3.05) is 16.0 Å². The van der Waals surface area contributed by atoms with Crippen molar-refractivity contribution in [2.24, 2.45) is 11.0 Å². The minimum Gasteiger partial charge on any atom is -0.284 e. The van der Waals surface area contributed by atoms with E-state index in [4.69, 9.17) is 5.10 Å². The molecule has 2 aliphatic rings. The molecule has 1 atom stereocenters. The molecular weight excluding hydrogens is 398 g/mol. The number of rotatable bonds is 5. The minimum atomic E-state index is -3.30. The van der Waals surface area contributed by atoms with Crippen LogP contribution in [0.25, 0.3) is 0 Å². The third-order valence-electron chi connectivity index (χ3n) is 5.84. The number of nitrogens with zero attached hydrogens (tertiary/aromatic N) is 4. The highest BCUT2D eigenvalue weighted by Crippen LogP contribution is 2.37. The molecule has 7 nitrogen and oxygen atoms in total. The summed E-state index contributed by atoms with van der Waals surface area (Å²) < 4.78 is 25.4. The molecule has 156 valence electrons. The first-order chi connectivity index (χ1) is 14.3. The van der Waals surface area contributed by atoms with Crippen LogP contribution in [-0.2, 0) is 10.0 Å². The zero-order chi connectivity index (χ0) is 21.3. The van der Waals surface area contributed by atoms with E-state index in [-0.39, 0.29) is 6.04 Å². The molecule has 1 unspecified atom stereocenters. The maximum absolute atomic E-state index is 11.4. The van der Waals surface area contributed by atoms with Gasteiger partial charge in [0.05, 0.1) is 29.3 Å². The van der Waals surface area contributed by atoms with Gasteiger partial charge >= 0.3 is 0 Å². The molecule has 0 spiro atoms. The van der Waals surface area contributed by atoms with Gasteiger partial charge in [-0.05, 0) is 55.5 Å². The van der Waals surface area contributed by atoms with Crippen LogP contribution in [0.1, 0.15) is 48.9 Å².